The van der Waals surface area contributed by atoms with E-state index in [-0.39, 0.29) is 18.6 Å². The zero-order valence-corrected chi connectivity index (χ0v) is 13.1. The summed E-state index contributed by atoms with van der Waals surface area (Å²) >= 11 is 0. The van der Waals surface area contributed by atoms with Crippen molar-refractivity contribution in [1.82, 2.24) is 0 Å². The molecule has 0 aromatic carbocycles. The van der Waals surface area contributed by atoms with Crippen molar-refractivity contribution in [2.24, 2.45) is 5.92 Å². The Bertz CT molecular complexity index is 577. The van der Waals surface area contributed by atoms with Crippen LogP contribution in [0, 0.1) is 5.92 Å². The Morgan fingerprint density at radius 1 is 1.20 bits per heavy atom. The highest BCUT2D eigenvalue weighted by Crippen LogP contribution is 2.42. The SMILES string of the molecule is C=CC1C(OC2OC(O)C(O)C(O)C2O)OC=C2C(=O)OCCC21O. The maximum Gasteiger partial charge on any atom is 0.340 e. The molecule has 140 valence electrons. The minimum absolute atomic E-state index is 0.00406. The van der Waals surface area contributed by atoms with E-state index in [1.807, 2.05) is 0 Å². The lowest BCUT2D eigenvalue weighted by molar-refractivity contribution is -0.371. The van der Waals surface area contributed by atoms with E-state index in [0.29, 0.717) is 0 Å². The summed E-state index contributed by atoms with van der Waals surface area (Å²) in [5.41, 5.74) is -1.72. The van der Waals surface area contributed by atoms with E-state index in [9.17, 15) is 30.3 Å². The van der Waals surface area contributed by atoms with Crippen molar-refractivity contribution in [3.63, 3.8) is 0 Å². The van der Waals surface area contributed by atoms with Gasteiger partial charge >= 0.3 is 5.97 Å². The van der Waals surface area contributed by atoms with Crippen LogP contribution in [0.5, 0.6) is 0 Å². The summed E-state index contributed by atoms with van der Waals surface area (Å²) < 4.78 is 20.5. The average Bonchev–Trinajstić information content (AvgIpc) is 2.57. The zero-order chi connectivity index (χ0) is 18.4. The van der Waals surface area contributed by atoms with Crippen LogP contribution in [0.2, 0.25) is 0 Å². The van der Waals surface area contributed by atoms with E-state index < -0.39 is 54.7 Å². The Kier molecular flexibility index (Phi) is 4.86. The number of ether oxygens (including phenoxy) is 4. The molecule has 8 unspecified atom stereocenters. The van der Waals surface area contributed by atoms with Crippen LogP contribution in [0.25, 0.3) is 0 Å². The first kappa shape index (κ1) is 18.3. The van der Waals surface area contributed by atoms with Crippen molar-refractivity contribution in [3.8, 4) is 0 Å². The standard InChI is InChI=1S/C15H20O10/c1-2-6-13(23-5-7-11(19)22-4-3-15(6,7)21)25-14-10(18)8(16)9(17)12(20)24-14/h2,5-6,8-10,12-14,16-18,20-21H,1,3-4H2. The van der Waals surface area contributed by atoms with E-state index in [1.165, 1.54) is 6.08 Å². The van der Waals surface area contributed by atoms with Crippen molar-refractivity contribution in [2.45, 2.75) is 49.2 Å². The number of cyclic esters (lactones) is 1. The molecular weight excluding hydrogens is 340 g/mol. The molecule has 0 bridgehead atoms. The summed E-state index contributed by atoms with van der Waals surface area (Å²) in [4.78, 5) is 11.8. The van der Waals surface area contributed by atoms with Crippen LogP contribution in [0.1, 0.15) is 6.42 Å². The molecule has 2 saturated heterocycles. The molecule has 0 aromatic heterocycles. The molecule has 3 heterocycles. The molecule has 0 radical (unpaired) electrons. The molecule has 8 atom stereocenters. The van der Waals surface area contributed by atoms with E-state index >= 15 is 0 Å². The first-order valence-corrected chi connectivity index (χ1v) is 7.71. The molecule has 3 aliphatic heterocycles. The van der Waals surface area contributed by atoms with Crippen molar-refractivity contribution in [1.29, 1.82) is 0 Å². The Balaban J connectivity index is 1.81. The third kappa shape index (κ3) is 2.95. The van der Waals surface area contributed by atoms with Gasteiger partial charge in [0.05, 0.1) is 18.8 Å². The monoisotopic (exact) mass is 360 g/mol. The fourth-order valence-corrected chi connectivity index (χ4v) is 3.13. The predicted molar refractivity (Wildman–Crippen MR) is 77.2 cm³/mol. The molecule has 10 nitrogen and oxygen atoms in total. The predicted octanol–water partition coefficient (Wildman–Crippen LogP) is -2.52. The van der Waals surface area contributed by atoms with Gasteiger partial charge < -0.3 is 44.5 Å². The molecule has 2 fully saturated rings. The minimum atomic E-state index is -1.78. The third-order valence-corrected chi connectivity index (χ3v) is 4.63. The summed E-state index contributed by atoms with van der Waals surface area (Å²) in [5, 5.41) is 49.6. The van der Waals surface area contributed by atoms with Crippen LogP contribution in [0.15, 0.2) is 24.5 Å². The van der Waals surface area contributed by atoms with Gasteiger partial charge in [-0.1, -0.05) is 6.08 Å². The lowest BCUT2D eigenvalue weighted by Gasteiger charge is -2.46. The van der Waals surface area contributed by atoms with Crippen LogP contribution in [0.4, 0.5) is 0 Å². The lowest BCUT2D eigenvalue weighted by atomic mass is 9.76. The fourth-order valence-electron chi connectivity index (χ4n) is 3.13. The molecule has 5 N–H and O–H groups in total. The molecule has 10 heteroatoms. The van der Waals surface area contributed by atoms with E-state index in [0.717, 1.165) is 6.26 Å². The van der Waals surface area contributed by atoms with Gasteiger partial charge in [-0.2, -0.15) is 0 Å². The van der Waals surface area contributed by atoms with Crippen LogP contribution in [-0.2, 0) is 23.7 Å². The first-order valence-electron chi connectivity index (χ1n) is 7.71. The molecule has 0 aliphatic carbocycles. The van der Waals surface area contributed by atoms with Gasteiger partial charge in [-0.15, -0.1) is 6.58 Å². The number of aliphatic hydroxyl groups is 5. The van der Waals surface area contributed by atoms with Crippen molar-refractivity contribution >= 4 is 5.97 Å². The number of aliphatic hydroxyl groups excluding tert-OH is 4. The average molecular weight is 360 g/mol. The number of carbonyl (C=O) groups is 1. The van der Waals surface area contributed by atoms with Gasteiger partial charge in [0, 0.05) is 6.42 Å². The van der Waals surface area contributed by atoms with Gasteiger partial charge in [0.2, 0.25) is 6.29 Å². The molecule has 3 rings (SSSR count). The normalized spacial score (nSPS) is 47.2. The van der Waals surface area contributed by atoms with Gasteiger partial charge in [0.25, 0.3) is 0 Å². The first-order chi connectivity index (χ1) is 11.8. The van der Waals surface area contributed by atoms with Gasteiger partial charge in [-0.3, -0.25) is 0 Å². The highest BCUT2D eigenvalue weighted by atomic mass is 16.8. The number of fused-ring (bicyclic) bond motifs is 1. The van der Waals surface area contributed by atoms with Crippen molar-refractivity contribution in [2.75, 3.05) is 6.61 Å². The second kappa shape index (κ2) is 6.65. The van der Waals surface area contributed by atoms with E-state index in [4.69, 9.17) is 18.9 Å². The summed E-state index contributed by atoms with van der Waals surface area (Å²) in [6.07, 6.45) is -7.24. The number of esters is 1. The molecular formula is C15H20O10. The second-order valence-corrected chi connectivity index (χ2v) is 6.11. The summed E-state index contributed by atoms with van der Waals surface area (Å²) in [5.74, 6) is -1.64. The maximum atomic E-state index is 11.8. The van der Waals surface area contributed by atoms with Crippen LogP contribution in [-0.4, -0.2) is 80.9 Å². The molecule has 0 aromatic rings. The number of rotatable bonds is 3. The topological polar surface area (TPSA) is 155 Å². The van der Waals surface area contributed by atoms with Gasteiger partial charge in [-0.25, -0.2) is 4.79 Å². The Morgan fingerprint density at radius 2 is 1.92 bits per heavy atom. The number of hydrogen-bond donors (Lipinski definition) is 5. The van der Waals surface area contributed by atoms with Crippen LogP contribution < -0.4 is 0 Å². The molecule has 0 amide bonds. The zero-order valence-electron chi connectivity index (χ0n) is 13.1. The summed E-state index contributed by atoms with van der Waals surface area (Å²) in [6, 6.07) is 0. The largest absolute Gasteiger partial charge is 0.471 e. The minimum Gasteiger partial charge on any atom is -0.471 e. The summed E-state index contributed by atoms with van der Waals surface area (Å²) in [7, 11) is 0. The Labute approximate surface area is 142 Å². The van der Waals surface area contributed by atoms with Crippen molar-refractivity contribution < 1.29 is 49.3 Å². The van der Waals surface area contributed by atoms with E-state index in [2.05, 4.69) is 6.58 Å². The highest BCUT2D eigenvalue weighted by Gasteiger charge is 2.54. The van der Waals surface area contributed by atoms with Gasteiger partial charge in [0.15, 0.2) is 12.6 Å². The molecule has 0 spiro atoms. The lowest BCUT2D eigenvalue weighted by Crippen LogP contribution is -2.60. The highest BCUT2D eigenvalue weighted by molar-refractivity contribution is 5.91. The quantitative estimate of drug-likeness (QED) is 0.269. The number of carbonyl (C=O) groups excluding carboxylic acids is 1. The number of hydrogen-bond acceptors (Lipinski definition) is 10. The fraction of sp³-hybridized carbons (Fsp3) is 0.667. The van der Waals surface area contributed by atoms with Crippen molar-refractivity contribution in [3.05, 3.63) is 24.5 Å². The van der Waals surface area contributed by atoms with Gasteiger partial charge in [0.1, 0.15) is 29.5 Å². The van der Waals surface area contributed by atoms with Crippen LogP contribution >= 0.6 is 0 Å². The second-order valence-electron chi connectivity index (χ2n) is 6.11. The third-order valence-electron chi connectivity index (χ3n) is 4.63. The van der Waals surface area contributed by atoms with Crippen LogP contribution in [0.3, 0.4) is 0 Å². The smallest absolute Gasteiger partial charge is 0.340 e. The maximum absolute atomic E-state index is 11.8. The van der Waals surface area contributed by atoms with E-state index in [1.54, 1.807) is 0 Å². The molecule has 3 aliphatic rings. The molecule has 0 saturated carbocycles. The summed E-state index contributed by atoms with van der Waals surface area (Å²) in [6.45, 7) is 3.60. The molecule has 25 heavy (non-hydrogen) atoms. The Hall–Kier alpha value is -1.53. The Morgan fingerprint density at radius 3 is 2.60 bits per heavy atom. The van der Waals surface area contributed by atoms with Gasteiger partial charge in [-0.05, 0) is 0 Å².